The number of nitriles is 1. The summed E-state index contributed by atoms with van der Waals surface area (Å²) in [6, 6.07) is 9.18. The van der Waals surface area contributed by atoms with Gasteiger partial charge in [-0.15, -0.1) is 0 Å². The summed E-state index contributed by atoms with van der Waals surface area (Å²) >= 11 is 1.38. The molecule has 5 nitrogen and oxygen atoms in total. The molecule has 0 aliphatic carbocycles. The first-order valence-corrected chi connectivity index (χ1v) is 7.65. The SMILES string of the molecule is Cc1c(C(=O)NC(C)c2ccc(C#N)cc2)sc2nccn12. The van der Waals surface area contributed by atoms with Gasteiger partial charge in [-0.05, 0) is 31.5 Å². The summed E-state index contributed by atoms with van der Waals surface area (Å²) in [5.41, 5.74) is 2.46. The van der Waals surface area contributed by atoms with Gasteiger partial charge < -0.3 is 5.32 Å². The molecule has 0 saturated carbocycles. The number of aromatic nitrogens is 2. The highest BCUT2D eigenvalue weighted by molar-refractivity contribution is 7.19. The summed E-state index contributed by atoms with van der Waals surface area (Å²) in [5.74, 6) is -0.107. The Hall–Kier alpha value is -2.65. The molecule has 1 aromatic carbocycles. The molecule has 3 rings (SSSR count). The second-order valence-electron chi connectivity index (χ2n) is 5.03. The zero-order valence-electron chi connectivity index (χ0n) is 12.2. The van der Waals surface area contributed by atoms with Crippen molar-refractivity contribution in [2.24, 2.45) is 0 Å². The summed E-state index contributed by atoms with van der Waals surface area (Å²) in [4.78, 5) is 18.1. The second kappa shape index (κ2) is 5.62. The quantitative estimate of drug-likeness (QED) is 0.808. The van der Waals surface area contributed by atoms with E-state index < -0.39 is 0 Å². The molecule has 0 spiro atoms. The fraction of sp³-hybridized carbons (Fsp3) is 0.188. The van der Waals surface area contributed by atoms with Crippen molar-refractivity contribution >= 4 is 22.2 Å². The third kappa shape index (κ3) is 2.47. The maximum Gasteiger partial charge on any atom is 0.263 e. The summed E-state index contributed by atoms with van der Waals surface area (Å²) in [7, 11) is 0. The van der Waals surface area contributed by atoms with Gasteiger partial charge in [0.2, 0.25) is 0 Å². The Morgan fingerprint density at radius 2 is 2.14 bits per heavy atom. The van der Waals surface area contributed by atoms with Gasteiger partial charge in [-0.3, -0.25) is 9.20 Å². The van der Waals surface area contributed by atoms with Crippen LogP contribution in [0.15, 0.2) is 36.7 Å². The van der Waals surface area contributed by atoms with Gasteiger partial charge in [0.25, 0.3) is 5.91 Å². The zero-order valence-corrected chi connectivity index (χ0v) is 13.0. The number of carbonyl (C=O) groups excluding carboxylic acids is 1. The Labute approximate surface area is 131 Å². The highest BCUT2D eigenvalue weighted by Gasteiger charge is 2.18. The van der Waals surface area contributed by atoms with Gasteiger partial charge in [-0.25, -0.2) is 4.98 Å². The fourth-order valence-corrected chi connectivity index (χ4v) is 3.29. The van der Waals surface area contributed by atoms with Crippen LogP contribution in [0.3, 0.4) is 0 Å². The van der Waals surface area contributed by atoms with Crippen molar-refractivity contribution in [3.63, 3.8) is 0 Å². The summed E-state index contributed by atoms with van der Waals surface area (Å²) in [5, 5.41) is 11.8. The third-order valence-corrected chi connectivity index (χ3v) is 4.75. The smallest absolute Gasteiger partial charge is 0.263 e. The number of aryl methyl sites for hydroxylation is 1. The fourth-order valence-electron chi connectivity index (χ4n) is 2.30. The minimum atomic E-state index is -0.130. The van der Waals surface area contributed by atoms with Gasteiger partial charge >= 0.3 is 0 Å². The number of hydrogen-bond donors (Lipinski definition) is 1. The molecule has 0 fully saturated rings. The Morgan fingerprint density at radius 3 is 2.77 bits per heavy atom. The van der Waals surface area contributed by atoms with Crippen molar-refractivity contribution in [3.05, 3.63) is 58.4 Å². The molecule has 22 heavy (non-hydrogen) atoms. The number of benzene rings is 1. The predicted molar refractivity (Wildman–Crippen MR) is 84.8 cm³/mol. The maximum atomic E-state index is 12.4. The number of thiazole rings is 1. The molecule has 1 amide bonds. The molecular formula is C16H14N4OS. The van der Waals surface area contributed by atoms with Crippen LogP contribution in [0.1, 0.15) is 39.5 Å². The molecule has 0 aliphatic rings. The molecule has 0 aliphatic heterocycles. The van der Waals surface area contributed by atoms with E-state index in [0.29, 0.717) is 10.4 Å². The van der Waals surface area contributed by atoms with Gasteiger partial charge in [-0.1, -0.05) is 23.5 Å². The van der Waals surface area contributed by atoms with Crippen molar-refractivity contribution in [2.45, 2.75) is 19.9 Å². The average molecular weight is 310 g/mol. The van der Waals surface area contributed by atoms with E-state index in [9.17, 15) is 4.79 Å². The highest BCUT2D eigenvalue weighted by atomic mass is 32.1. The number of nitrogens with one attached hydrogen (secondary N) is 1. The van der Waals surface area contributed by atoms with E-state index in [4.69, 9.17) is 5.26 Å². The molecule has 110 valence electrons. The topological polar surface area (TPSA) is 70.2 Å². The van der Waals surface area contributed by atoms with Gasteiger partial charge in [0.15, 0.2) is 4.96 Å². The molecule has 2 heterocycles. The lowest BCUT2D eigenvalue weighted by atomic mass is 10.1. The Balaban J connectivity index is 1.79. The summed E-state index contributed by atoms with van der Waals surface area (Å²) in [6.07, 6.45) is 3.57. The second-order valence-corrected chi connectivity index (χ2v) is 6.00. The normalized spacial score (nSPS) is 12.0. The number of nitrogens with zero attached hydrogens (tertiary/aromatic N) is 3. The number of amides is 1. The minimum Gasteiger partial charge on any atom is -0.345 e. The number of rotatable bonds is 3. The van der Waals surface area contributed by atoms with E-state index in [0.717, 1.165) is 16.2 Å². The largest absolute Gasteiger partial charge is 0.345 e. The number of imidazole rings is 1. The monoisotopic (exact) mass is 310 g/mol. The van der Waals surface area contributed by atoms with Crippen LogP contribution in [-0.4, -0.2) is 15.3 Å². The van der Waals surface area contributed by atoms with Crippen molar-refractivity contribution in [3.8, 4) is 6.07 Å². The first-order valence-electron chi connectivity index (χ1n) is 6.83. The van der Waals surface area contributed by atoms with E-state index >= 15 is 0 Å². The van der Waals surface area contributed by atoms with Crippen LogP contribution in [0.5, 0.6) is 0 Å². The van der Waals surface area contributed by atoms with E-state index in [-0.39, 0.29) is 11.9 Å². The molecule has 6 heteroatoms. The standard InChI is InChI=1S/C16H14N4OS/c1-10(13-5-3-12(9-17)4-6-13)19-15(21)14-11(2)20-8-7-18-16(20)22-14/h3-8,10H,1-2H3,(H,19,21). The Kier molecular flexibility index (Phi) is 3.65. The first-order chi connectivity index (χ1) is 10.6. The average Bonchev–Trinajstić information content (AvgIpc) is 3.10. The van der Waals surface area contributed by atoms with E-state index in [2.05, 4.69) is 16.4 Å². The van der Waals surface area contributed by atoms with Gasteiger partial charge in [0.1, 0.15) is 4.88 Å². The van der Waals surface area contributed by atoms with Crippen LogP contribution in [0, 0.1) is 18.3 Å². The van der Waals surface area contributed by atoms with Crippen LogP contribution in [0.2, 0.25) is 0 Å². The molecule has 0 bridgehead atoms. The molecule has 1 N–H and O–H groups in total. The van der Waals surface area contributed by atoms with E-state index in [1.807, 2.05) is 36.6 Å². The Morgan fingerprint density at radius 1 is 1.41 bits per heavy atom. The molecule has 0 saturated heterocycles. The molecular weight excluding hydrogens is 296 g/mol. The van der Waals surface area contributed by atoms with Crippen LogP contribution in [-0.2, 0) is 0 Å². The highest BCUT2D eigenvalue weighted by Crippen LogP contribution is 2.22. The number of hydrogen-bond acceptors (Lipinski definition) is 4. The number of carbonyl (C=O) groups is 1. The molecule has 1 unspecified atom stereocenters. The third-order valence-electron chi connectivity index (χ3n) is 3.58. The molecule has 2 aromatic heterocycles. The van der Waals surface area contributed by atoms with Crippen molar-refractivity contribution in [2.75, 3.05) is 0 Å². The van der Waals surface area contributed by atoms with Gasteiger partial charge in [0, 0.05) is 18.1 Å². The van der Waals surface area contributed by atoms with Crippen LogP contribution >= 0.6 is 11.3 Å². The zero-order chi connectivity index (χ0) is 15.7. The molecule has 3 aromatic rings. The van der Waals surface area contributed by atoms with Crippen LogP contribution in [0.4, 0.5) is 0 Å². The predicted octanol–water partition coefficient (Wildman–Crippen LogP) is 3.07. The van der Waals surface area contributed by atoms with E-state index in [1.165, 1.54) is 11.3 Å². The lowest BCUT2D eigenvalue weighted by molar-refractivity contribution is 0.0943. The first kappa shape index (κ1) is 14.3. The molecule has 1 atom stereocenters. The lowest BCUT2D eigenvalue weighted by Crippen LogP contribution is -2.26. The van der Waals surface area contributed by atoms with Crippen LogP contribution in [0.25, 0.3) is 4.96 Å². The minimum absolute atomic E-state index is 0.107. The van der Waals surface area contributed by atoms with E-state index in [1.54, 1.807) is 18.3 Å². The number of fused-ring (bicyclic) bond motifs is 1. The Bertz CT molecular complexity index is 870. The van der Waals surface area contributed by atoms with Crippen LogP contribution < -0.4 is 5.32 Å². The van der Waals surface area contributed by atoms with Crippen molar-refractivity contribution < 1.29 is 4.79 Å². The van der Waals surface area contributed by atoms with Crippen molar-refractivity contribution in [1.82, 2.24) is 14.7 Å². The molecule has 0 radical (unpaired) electrons. The van der Waals surface area contributed by atoms with Gasteiger partial charge in [0.05, 0.1) is 17.7 Å². The summed E-state index contributed by atoms with van der Waals surface area (Å²) in [6.45, 7) is 3.83. The van der Waals surface area contributed by atoms with Crippen molar-refractivity contribution in [1.29, 1.82) is 5.26 Å². The lowest BCUT2D eigenvalue weighted by Gasteiger charge is -2.14. The maximum absolute atomic E-state index is 12.4. The summed E-state index contributed by atoms with van der Waals surface area (Å²) < 4.78 is 1.91. The van der Waals surface area contributed by atoms with Gasteiger partial charge in [-0.2, -0.15) is 5.26 Å².